The zero-order valence-electron chi connectivity index (χ0n) is 16.2. The third kappa shape index (κ3) is 4.76. The van der Waals surface area contributed by atoms with Crippen LogP contribution in [0.1, 0.15) is 27.0 Å². The summed E-state index contributed by atoms with van der Waals surface area (Å²) in [7, 11) is 0. The Hall–Kier alpha value is -4.29. The molecule has 4 aromatic carbocycles. The molecule has 0 unspecified atom stereocenters. The fourth-order valence-electron chi connectivity index (χ4n) is 2.88. The van der Waals surface area contributed by atoms with Gasteiger partial charge in [-0.2, -0.15) is 0 Å². The van der Waals surface area contributed by atoms with Crippen molar-refractivity contribution in [3.8, 4) is 23.3 Å². The molecule has 4 rings (SSSR count). The van der Waals surface area contributed by atoms with E-state index in [4.69, 9.17) is 10.5 Å². The Labute approximate surface area is 175 Å². The fourth-order valence-corrected chi connectivity index (χ4v) is 2.88. The summed E-state index contributed by atoms with van der Waals surface area (Å²) in [5.41, 5.74) is 9.40. The first-order chi connectivity index (χ1) is 14.7. The van der Waals surface area contributed by atoms with Gasteiger partial charge in [-0.15, -0.1) is 0 Å². The van der Waals surface area contributed by atoms with Gasteiger partial charge in [0.05, 0.1) is 0 Å². The second-order valence-corrected chi connectivity index (χ2v) is 6.72. The van der Waals surface area contributed by atoms with Crippen LogP contribution in [0.15, 0.2) is 103 Å². The number of ketones is 1. The summed E-state index contributed by atoms with van der Waals surface area (Å²) in [5.74, 6) is 7.53. The molecule has 2 N–H and O–H groups in total. The molecule has 0 atom stereocenters. The monoisotopic (exact) mass is 389 g/mol. The number of carbonyl (C=O) groups is 1. The Balaban J connectivity index is 1.44. The van der Waals surface area contributed by atoms with E-state index in [1.165, 1.54) is 0 Å². The van der Waals surface area contributed by atoms with Crippen LogP contribution < -0.4 is 10.5 Å². The van der Waals surface area contributed by atoms with Gasteiger partial charge < -0.3 is 10.5 Å². The lowest BCUT2D eigenvalue weighted by molar-refractivity contribution is 0.103. The van der Waals surface area contributed by atoms with E-state index >= 15 is 0 Å². The van der Waals surface area contributed by atoms with Gasteiger partial charge in [-0.05, 0) is 84.9 Å². The van der Waals surface area contributed by atoms with E-state index in [2.05, 4.69) is 11.8 Å². The van der Waals surface area contributed by atoms with E-state index in [0.717, 1.165) is 11.1 Å². The average Bonchev–Trinajstić information content (AvgIpc) is 2.80. The third-order valence-corrected chi connectivity index (χ3v) is 4.50. The first kappa shape index (κ1) is 19.0. The minimum atomic E-state index is -0.0448. The Morgan fingerprint density at radius 3 is 1.63 bits per heavy atom. The maximum Gasteiger partial charge on any atom is 0.193 e. The van der Waals surface area contributed by atoms with Crippen LogP contribution in [0.3, 0.4) is 0 Å². The molecule has 0 radical (unpaired) electrons. The number of benzene rings is 4. The van der Waals surface area contributed by atoms with Crippen LogP contribution in [-0.2, 0) is 0 Å². The number of hydrogen-bond acceptors (Lipinski definition) is 3. The van der Waals surface area contributed by atoms with Crippen molar-refractivity contribution < 1.29 is 9.53 Å². The lowest BCUT2D eigenvalue weighted by Gasteiger charge is -2.07. The molecule has 30 heavy (non-hydrogen) atoms. The van der Waals surface area contributed by atoms with Gasteiger partial charge in [0.15, 0.2) is 5.78 Å². The Morgan fingerprint density at radius 2 is 1.07 bits per heavy atom. The molecule has 0 aliphatic rings. The SMILES string of the molecule is Nc1ccc(Oc2ccc(C(=O)c3ccc(C#Cc4ccccc4)cc3)cc2)cc1. The van der Waals surface area contributed by atoms with Crippen LogP contribution in [0.4, 0.5) is 5.69 Å². The number of nitrogens with two attached hydrogens (primary N) is 1. The van der Waals surface area contributed by atoms with Crippen molar-refractivity contribution in [3.05, 3.63) is 125 Å². The predicted octanol–water partition coefficient (Wildman–Crippen LogP) is 5.69. The highest BCUT2D eigenvalue weighted by atomic mass is 16.5. The molecule has 0 saturated heterocycles. The predicted molar refractivity (Wildman–Crippen MR) is 120 cm³/mol. The summed E-state index contributed by atoms with van der Waals surface area (Å²) in [6.45, 7) is 0. The Bertz CT molecular complexity index is 1200. The van der Waals surface area contributed by atoms with Gasteiger partial charge in [-0.3, -0.25) is 4.79 Å². The van der Waals surface area contributed by atoms with Gasteiger partial charge in [0.25, 0.3) is 0 Å². The van der Waals surface area contributed by atoms with Crippen molar-refractivity contribution >= 4 is 11.5 Å². The summed E-state index contributed by atoms with van der Waals surface area (Å²) < 4.78 is 5.77. The van der Waals surface area contributed by atoms with Crippen LogP contribution in [0.2, 0.25) is 0 Å². The topological polar surface area (TPSA) is 52.3 Å². The molecule has 0 heterocycles. The maximum atomic E-state index is 12.8. The summed E-state index contributed by atoms with van der Waals surface area (Å²) in [5, 5.41) is 0. The van der Waals surface area contributed by atoms with Crippen molar-refractivity contribution in [2.24, 2.45) is 0 Å². The molecular formula is C27H19NO2. The number of carbonyl (C=O) groups excluding carboxylic acids is 1. The van der Waals surface area contributed by atoms with Gasteiger partial charge in [0.2, 0.25) is 0 Å². The van der Waals surface area contributed by atoms with Crippen molar-refractivity contribution in [3.63, 3.8) is 0 Å². The summed E-state index contributed by atoms with van der Waals surface area (Å²) in [4.78, 5) is 12.8. The van der Waals surface area contributed by atoms with Gasteiger partial charge in [-0.1, -0.05) is 30.0 Å². The summed E-state index contributed by atoms with van der Waals surface area (Å²) in [6, 6.07) is 31.4. The molecule has 0 saturated carbocycles. The van der Waals surface area contributed by atoms with Crippen LogP contribution in [-0.4, -0.2) is 5.78 Å². The largest absolute Gasteiger partial charge is 0.457 e. The first-order valence-corrected chi connectivity index (χ1v) is 9.53. The smallest absolute Gasteiger partial charge is 0.193 e. The Morgan fingerprint density at radius 1 is 0.600 bits per heavy atom. The van der Waals surface area contributed by atoms with Gasteiger partial charge in [-0.25, -0.2) is 0 Å². The molecule has 144 valence electrons. The lowest BCUT2D eigenvalue weighted by atomic mass is 10.0. The normalized spacial score (nSPS) is 10.0. The molecule has 4 aromatic rings. The van der Waals surface area contributed by atoms with Crippen molar-refractivity contribution in [1.29, 1.82) is 0 Å². The number of hydrogen-bond donors (Lipinski definition) is 1. The molecule has 3 nitrogen and oxygen atoms in total. The average molecular weight is 389 g/mol. The molecule has 0 bridgehead atoms. The minimum absolute atomic E-state index is 0.0448. The second kappa shape index (κ2) is 8.81. The van der Waals surface area contributed by atoms with Crippen LogP contribution >= 0.6 is 0 Å². The number of nitrogen functional groups attached to an aromatic ring is 1. The van der Waals surface area contributed by atoms with E-state index in [1.807, 2.05) is 42.5 Å². The van der Waals surface area contributed by atoms with E-state index in [1.54, 1.807) is 60.7 Å². The van der Waals surface area contributed by atoms with Crippen molar-refractivity contribution in [1.82, 2.24) is 0 Å². The molecule has 0 aliphatic heterocycles. The third-order valence-electron chi connectivity index (χ3n) is 4.50. The van der Waals surface area contributed by atoms with Crippen LogP contribution in [0.25, 0.3) is 0 Å². The van der Waals surface area contributed by atoms with Gasteiger partial charge in [0, 0.05) is 27.9 Å². The molecule has 0 spiro atoms. The zero-order chi connectivity index (χ0) is 20.8. The van der Waals surface area contributed by atoms with Crippen molar-refractivity contribution in [2.45, 2.75) is 0 Å². The highest BCUT2D eigenvalue weighted by Crippen LogP contribution is 2.23. The van der Waals surface area contributed by atoms with E-state index in [9.17, 15) is 4.79 Å². The quantitative estimate of drug-likeness (QED) is 0.277. The van der Waals surface area contributed by atoms with E-state index in [0.29, 0.717) is 28.3 Å². The fraction of sp³-hybridized carbons (Fsp3) is 0. The number of anilines is 1. The summed E-state index contributed by atoms with van der Waals surface area (Å²) in [6.07, 6.45) is 0. The van der Waals surface area contributed by atoms with E-state index < -0.39 is 0 Å². The second-order valence-electron chi connectivity index (χ2n) is 6.72. The molecule has 0 aliphatic carbocycles. The standard InChI is InChI=1S/C27H19NO2/c28-24-14-18-26(19-15-24)30-25-16-12-23(13-17-25)27(29)22-10-8-21(9-11-22)7-6-20-4-2-1-3-5-20/h1-5,8-19H,28H2. The van der Waals surface area contributed by atoms with Crippen LogP contribution in [0, 0.1) is 11.8 Å². The van der Waals surface area contributed by atoms with E-state index in [-0.39, 0.29) is 5.78 Å². The molecule has 3 heteroatoms. The maximum absolute atomic E-state index is 12.8. The van der Waals surface area contributed by atoms with Crippen LogP contribution in [0.5, 0.6) is 11.5 Å². The molecule has 0 aromatic heterocycles. The Kier molecular flexibility index (Phi) is 5.59. The minimum Gasteiger partial charge on any atom is -0.457 e. The molecule has 0 fully saturated rings. The highest BCUT2D eigenvalue weighted by molar-refractivity contribution is 6.09. The van der Waals surface area contributed by atoms with Gasteiger partial charge >= 0.3 is 0 Å². The molecular weight excluding hydrogens is 370 g/mol. The lowest BCUT2D eigenvalue weighted by Crippen LogP contribution is -2.01. The molecule has 0 amide bonds. The van der Waals surface area contributed by atoms with Crippen molar-refractivity contribution in [2.75, 3.05) is 5.73 Å². The summed E-state index contributed by atoms with van der Waals surface area (Å²) >= 11 is 0. The number of ether oxygens (including phenoxy) is 1. The van der Waals surface area contributed by atoms with Gasteiger partial charge in [0.1, 0.15) is 11.5 Å². The zero-order valence-corrected chi connectivity index (χ0v) is 16.2. The first-order valence-electron chi connectivity index (χ1n) is 9.53. The highest BCUT2D eigenvalue weighted by Gasteiger charge is 2.09. The number of rotatable bonds is 4.